The summed E-state index contributed by atoms with van der Waals surface area (Å²) in [5.74, 6) is 0. The van der Waals surface area contributed by atoms with Crippen molar-refractivity contribution in [2.45, 2.75) is 37.4 Å². The lowest BCUT2D eigenvalue weighted by Crippen LogP contribution is -2.40. The molecule has 0 amide bonds. The van der Waals surface area contributed by atoms with Gasteiger partial charge in [-0.25, -0.2) is 13.1 Å². The molecule has 0 saturated heterocycles. The number of rotatable bonds is 2. The third-order valence-corrected chi connectivity index (χ3v) is 4.95. The first kappa shape index (κ1) is 11.7. The molecular formula is C9H15NO2S2. The van der Waals surface area contributed by atoms with Gasteiger partial charge in [0.2, 0.25) is 0 Å². The van der Waals surface area contributed by atoms with Crippen molar-refractivity contribution in [3.63, 3.8) is 0 Å². The maximum absolute atomic E-state index is 11.8. The average Bonchev–Trinajstić information content (AvgIpc) is 2.29. The molecule has 3 nitrogen and oxygen atoms in total. The van der Waals surface area contributed by atoms with E-state index in [1.54, 1.807) is 12.3 Å². The summed E-state index contributed by atoms with van der Waals surface area (Å²) in [6, 6.07) is 1.81. The third-order valence-electron chi connectivity index (χ3n) is 1.50. The Morgan fingerprint density at radius 3 is 2.29 bits per heavy atom. The second-order valence-electron chi connectivity index (χ2n) is 4.25. The topological polar surface area (TPSA) is 46.2 Å². The van der Waals surface area contributed by atoms with Crippen molar-refractivity contribution in [1.82, 2.24) is 4.72 Å². The van der Waals surface area contributed by atoms with E-state index in [-0.39, 0.29) is 0 Å². The van der Waals surface area contributed by atoms with E-state index in [4.69, 9.17) is 0 Å². The molecule has 0 spiro atoms. The van der Waals surface area contributed by atoms with E-state index in [0.29, 0.717) is 4.21 Å². The molecule has 0 bridgehead atoms. The largest absolute Gasteiger partial charge is 0.250 e. The van der Waals surface area contributed by atoms with Gasteiger partial charge in [0.25, 0.3) is 10.0 Å². The highest BCUT2D eigenvalue weighted by atomic mass is 32.2. The Morgan fingerprint density at radius 2 is 1.93 bits per heavy atom. The maximum atomic E-state index is 11.8. The van der Waals surface area contributed by atoms with E-state index in [1.165, 1.54) is 11.3 Å². The molecule has 0 fully saturated rings. The van der Waals surface area contributed by atoms with Crippen LogP contribution in [0.15, 0.2) is 15.7 Å². The fourth-order valence-electron chi connectivity index (χ4n) is 1.08. The van der Waals surface area contributed by atoms with Gasteiger partial charge < -0.3 is 0 Å². The van der Waals surface area contributed by atoms with Crippen molar-refractivity contribution in [1.29, 1.82) is 0 Å². The second kappa shape index (κ2) is 3.64. The molecule has 1 aromatic rings. The van der Waals surface area contributed by atoms with Crippen molar-refractivity contribution >= 4 is 21.4 Å². The standard InChI is InChI=1S/C9H15NO2S2/c1-7-5-6-13-8(7)14(11,12)10-9(2,3)4/h5-6,10H,1-4H3. The van der Waals surface area contributed by atoms with E-state index in [2.05, 4.69) is 4.72 Å². The van der Waals surface area contributed by atoms with Gasteiger partial charge in [-0.2, -0.15) is 0 Å². The van der Waals surface area contributed by atoms with Crippen LogP contribution < -0.4 is 4.72 Å². The molecule has 1 N–H and O–H groups in total. The summed E-state index contributed by atoms with van der Waals surface area (Å²) in [4.78, 5) is 0. The zero-order valence-corrected chi connectivity index (χ0v) is 10.4. The van der Waals surface area contributed by atoms with E-state index in [0.717, 1.165) is 5.56 Å². The first-order chi connectivity index (χ1) is 6.22. The molecule has 0 unspecified atom stereocenters. The Bertz CT molecular complexity index is 412. The first-order valence-corrected chi connectivity index (χ1v) is 6.67. The summed E-state index contributed by atoms with van der Waals surface area (Å²) in [5, 5.41) is 1.78. The number of hydrogen-bond acceptors (Lipinski definition) is 3. The van der Waals surface area contributed by atoms with Gasteiger partial charge in [-0.1, -0.05) is 0 Å². The first-order valence-electron chi connectivity index (χ1n) is 4.30. The van der Waals surface area contributed by atoms with Crippen molar-refractivity contribution in [2.24, 2.45) is 0 Å². The maximum Gasteiger partial charge on any atom is 0.250 e. The number of thiophene rings is 1. The summed E-state index contributed by atoms with van der Waals surface area (Å²) < 4.78 is 26.7. The fraction of sp³-hybridized carbons (Fsp3) is 0.556. The molecular weight excluding hydrogens is 218 g/mol. The van der Waals surface area contributed by atoms with Gasteiger partial charge >= 0.3 is 0 Å². The van der Waals surface area contributed by atoms with Gasteiger partial charge in [-0.05, 0) is 44.7 Å². The van der Waals surface area contributed by atoms with Crippen LogP contribution in [0.5, 0.6) is 0 Å². The van der Waals surface area contributed by atoms with E-state index in [9.17, 15) is 8.42 Å². The highest BCUT2D eigenvalue weighted by molar-refractivity contribution is 7.91. The number of sulfonamides is 1. The predicted molar refractivity (Wildman–Crippen MR) is 59.1 cm³/mol. The molecule has 0 atom stereocenters. The molecule has 1 aromatic heterocycles. The van der Waals surface area contributed by atoms with Crippen LogP contribution >= 0.6 is 11.3 Å². The summed E-state index contributed by atoms with van der Waals surface area (Å²) in [7, 11) is -3.34. The van der Waals surface area contributed by atoms with Crippen LogP contribution in [0.2, 0.25) is 0 Å². The molecule has 1 heterocycles. The lowest BCUT2D eigenvalue weighted by atomic mass is 10.1. The molecule has 14 heavy (non-hydrogen) atoms. The Labute approximate surface area is 89.2 Å². The summed E-state index contributed by atoms with van der Waals surface area (Å²) in [5.41, 5.74) is 0.363. The monoisotopic (exact) mass is 233 g/mol. The number of nitrogens with one attached hydrogen (secondary N) is 1. The third kappa shape index (κ3) is 2.80. The van der Waals surface area contributed by atoms with Gasteiger partial charge in [0.15, 0.2) is 0 Å². The van der Waals surface area contributed by atoms with Crippen LogP contribution in [0.25, 0.3) is 0 Å². The normalized spacial score (nSPS) is 13.1. The molecule has 0 saturated carbocycles. The summed E-state index contributed by atoms with van der Waals surface area (Å²) in [6.45, 7) is 7.28. The molecule has 0 aliphatic heterocycles. The molecule has 0 aliphatic carbocycles. The highest BCUT2D eigenvalue weighted by Gasteiger charge is 2.24. The zero-order chi connectivity index (χ0) is 11.0. The zero-order valence-electron chi connectivity index (χ0n) is 8.79. The smallest absolute Gasteiger partial charge is 0.206 e. The van der Waals surface area contributed by atoms with Crippen LogP contribution in [-0.4, -0.2) is 14.0 Å². The number of hydrogen-bond donors (Lipinski definition) is 1. The van der Waals surface area contributed by atoms with Crippen LogP contribution in [0.4, 0.5) is 0 Å². The average molecular weight is 233 g/mol. The Hall–Kier alpha value is -0.390. The van der Waals surface area contributed by atoms with Crippen molar-refractivity contribution in [3.05, 3.63) is 17.0 Å². The minimum absolute atomic E-state index is 0.410. The molecule has 0 radical (unpaired) electrons. The summed E-state index contributed by atoms with van der Waals surface area (Å²) in [6.07, 6.45) is 0. The predicted octanol–water partition coefficient (Wildman–Crippen LogP) is 2.13. The van der Waals surface area contributed by atoms with Crippen molar-refractivity contribution < 1.29 is 8.42 Å². The van der Waals surface area contributed by atoms with Crippen LogP contribution in [0, 0.1) is 6.92 Å². The van der Waals surface area contributed by atoms with Gasteiger partial charge in [-0.15, -0.1) is 11.3 Å². The van der Waals surface area contributed by atoms with Gasteiger partial charge in [-0.3, -0.25) is 0 Å². The minimum Gasteiger partial charge on any atom is -0.206 e. The van der Waals surface area contributed by atoms with Crippen LogP contribution in [-0.2, 0) is 10.0 Å². The second-order valence-corrected chi connectivity index (χ2v) is 7.04. The Kier molecular flexibility index (Phi) is 3.04. The SMILES string of the molecule is Cc1ccsc1S(=O)(=O)NC(C)(C)C. The molecule has 1 rings (SSSR count). The van der Waals surface area contributed by atoms with Crippen LogP contribution in [0.1, 0.15) is 26.3 Å². The number of aryl methyl sites for hydroxylation is 1. The lowest BCUT2D eigenvalue weighted by Gasteiger charge is -2.19. The van der Waals surface area contributed by atoms with Gasteiger partial charge in [0, 0.05) is 5.54 Å². The van der Waals surface area contributed by atoms with Gasteiger partial charge in [0.1, 0.15) is 4.21 Å². The van der Waals surface area contributed by atoms with Crippen molar-refractivity contribution in [3.8, 4) is 0 Å². The van der Waals surface area contributed by atoms with E-state index >= 15 is 0 Å². The van der Waals surface area contributed by atoms with Crippen LogP contribution in [0.3, 0.4) is 0 Å². The minimum atomic E-state index is -3.34. The fourth-order valence-corrected chi connectivity index (χ4v) is 3.92. The van der Waals surface area contributed by atoms with Crippen molar-refractivity contribution in [2.75, 3.05) is 0 Å². The van der Waals surface area contributed by atoms with Gasteiger partial charge in [0.05, 0.1) is 0 Å². The Balaban J connectivity index is 3.05. The lowest BCUT2D eigenvalue weighted by molar-refractivity contribution is 0.492. The van der Waals surface area contributed by atoms with E-state index < -0.39 is 15.6 Å². The van der Waals surface area contributed by atoms with E-state index in [1.807, 2.05) is 26.8 Å². The summed E-state index contributed by atoms with van der Waals surface area (Å²) >= 11 is 1.25. The molecule has 5 heteroatoms. The Morgan fingerprint density at radius 1 is 1.36 bits per heavy atom. The quantitative estimate of drug-likeness (QED) is 0.850. The molecule has 0 aliphatic rings. The highest BCUT2D eigenvalue weighted by Crippen LogP contribution is 2.22. The molecule has 0 aromatic carbocycles. The molecule has 80 valence electrons.